The van der Waals surface area contributed by atoms with Gasteiger partial charge in [0.15, 0.2) is 5.13 Å². The van der Waals surface area contributed by atoms with Crippen molar-refractivity contribution in [1.29, 1.82) is 0 Å². The highest BCUT2D eigenvalue weighted by Crippen LogP contribution is 2.14. The lowest BCUT2D eigenvalue weighted by Crippen LogP contribution is -2.23. The maximum atomic E-state index is 12.1. The lowest BCUT2D eigenvalue weighted by Gasteiger charge is -2.12. The summed E-state index contributed by atoms with van der Waals surface area (Å²) < 4.78 is 40.7. The van der Waals surface area contributed by atoms with E-state index in [4.69, 9.17) is 12.6 Å². The number of amides is 1. The number of nitrogens with two attached hydrogens (primary N) is 1. The highest BCUT2D eigenvalue weighted by Gasteiger charge is 2.08. The van der Waals surface area contributed by atoms with Gasteiger partial charge in [0, 0.05) is 23.0 Å². The van der Waals surface area contributed by atoms with Gasteiger partial charge in [0.2, 0.25) is 5.91 Å². The lowest BCUT2D eigenvalue weighted by molar-refractivity contribution is -0.115. The van der Waals surface area contributed by atoms with E-state index < -0.39 is 19.1 Å². The zero-order chi connectivity index (χ0) is 24.3. The molecule has 1 atom stereocenters. The molecule has 0 bridgehead atoms. The number of hydrogen-bond donors (Lipinski definition) is 4. The third-order valence-electron chi connectivity index (χ3n) is 3.76. The van der Waals surface area contributed by atoms with E-state index in [1.807, 2.05) is 0 Å². The smallest absolute Gasteiger partial charge is 0.230 e. The van der Waals surface area contributed by atoms with Gasteiger partial charge < -0.3 is 21.5 Å². The van der Waals surface area contributed by atoms with E-state index in [1.165, 1.54) is 23.5 Å². The summed E-state index contributed by atoms with van der Waals surface area (Å²) in [7, 11) is 0. The predicted octanol–water partition coefficient (Wildman–Crippen LogP) is 2.77. The predicted molar refractivity (Wildman–Crippen MR) is 113 cm³/mol. The Balaban J connectivity index is 1.61. The fraction of sp³-hybridized carbons (Fsp3) is 0.238. The average Bonchev–Trinajstić information content (AvgIpc) is 3.13. The Morgan fingerprint density at radius 1 is 1.25 bits per heavy atom. The van der Waals surface area contributed by atoms with E-state index in [0.717, 1.165) is 0 Å². The van der Waals surface area contributed by atoms with Gasteiger partial charge >= 0.3 is 0 Å². The molecule has 0 aliphatic rings. The number of benzene rings is 2. The van der Waals surface area contributed by atoms with Crippen molar-refractivity contribution in [2.45, 2.75) is 18.9 Å². The molecule has 28 heavy (non-hydrogen) atoms. The maximum absolute atomic E-state index is 12.1. The van der Waals surface area contributed by atoms with Crippen LogP contribution in [0, 0.1) is 0 Å². The summed E-state index contributed by atoms with van der Waals surface area (Å²) in [5.74, 6) is -0.270. The molecular formula is C21H24N4O2S. The molecule has 0 radical (unpaired) electrons. The van der Waals surface area contributed by atoms with E-state index in [-0.39, 0.29) is 24.3 Å². The number of carbonyl (C=O) groups is 1. The number of aliphatic hydroxyl groups is 1. The summed E-state index contributed by atoms with van der Waals surface area (Å²) in [6.07, 6.45) is -2.87. The molecule has 1 amide bonds. The van der Waals surface area contributed by atoms with Gasteiger partial charge in [0.25, 0.3) is 0 Å². The SMILES string of the molecule is [2H]C([2H])(Cc1ccc(NC(=O)Cc2csc(N)n2)cc1)NC([2H])([2H])[C@]([2H])(O)c1ccccc1. The first-order valence-corrected chi connectivity index (χ1v) is 9.42. The van der Waals surface area contributed by atoms with Crippen molar-refractivity contribution in [3.63, 3.8) is 0 Å². The fourth-order valence-corrected chi connectivity index (χ4v) is 2.96. The second-order valence-electron chi connectivity index (χ2n) is 5.92. The topological polar surface area (TPSA) is 100 Å². The average molecular weight is 402 g/mol. The molecule has 0 aliphatic heterocycles. The van der Waals surface area contributed by atoms with Gasteiger partial charge in [-0.1, -0.05) is 42.5 Å². The molecule has 146 valence electrons. The largest absolute Gasteiger partial charge is 0.387 e. The molecule has 3 aromatic rings. The molecule has 0 saturated carbocycles. The number of aromatic nitrogens is 1. The molecule has 0 aliphatic carbocycles. The van der Waals surface area contributed by atoms with Crippen LogP contribution in [0.3, 0.4) is 0 Å². The standard InChI is InChI=1S/C21H24N4O2S/c22-21-25-18(14-28-21)12-20(27)24-17-8-6-15(7-9-17)10-11-23-13-19(26)16-4-2-1-3-5-16/h1-9,14,19,23,26H,10-13H2,(H2,22,25)(H,24,27)/t19-/m0/s1/i11D2,13D2,19D. The number of carbonyl (C=O) groups excluding carboxylic acids is 1. The van der Waals surface area contributed by atoms with Crippen molar-refractivity contribution in [3.05, 3.63) is 76.8 Å². The fourth-order valence-electron chi connectivity index (χ4n) is 2.40. The third-order valence-corrected chi connectivity index (χ3v) is 4.48. The number of hydrogen-bond acceptors (Lipinski definition) is 6. The van der Waals surface area contributed by atoms with Crippen LogP contribution in [0.4, 0.5) is 10.8 Å². The molecule has 7 heteroatoms. The minimum absolute atomic E-state index is 0.00117. The van der Waals surface area contributed by atoms with Crippen molar-refractivity contribution in [2.75, 3.05) is 24.0 Å². The van der Waals surface area contributed by atoms with Crippen molar-refractivity contribution in [1.82, 2.24) is 10.3 Å². The quantitative estimate of drug-likeness (QED) is 0.442. The molecule has 1 heterocycles. The van der Waals surface area contributed by atoms with Crippen molar-refractivity contribution >= 4 is 28.1 Å². The second kappa shape index (κ2) is 9.98. The minimum atomic E-state index is -2.79. The maximum Gasteiger partial charge on any atom is 0.230 e. The Morgan fingerprint density at radius 2 is 2.00 bits per heavy atom. The van der Waals surface area contributed by atoms with Crippen LogP contribution in [0.2, 0.25) is 0 Å². The molecule has 1 aromatic heterocycles. The van der Waals surface area contributed by atoms with Crippen LogP contribution in [0.25, 0.3) is 0 Å². The summed E-state index contributed by atoms with van der Waals surface area (Å²) in [6, 6.07) is 14.0. The summed E-state index contributed by atoms with van der Waals surface area (Å²) >= 11 is 1.25. The summed E-state index contributed by atoms with van der Waals surface area (Å²) in [5.41, 5.74) is 7.17. The minimum Gasteiger partial charge on any atom is -0.387 e. The van der Waals surface area contributed by atoms with Crippen LogP contribution in [0.1, 0.15) is 29.8 Å². The molecule has 0 unspecified atom stereocenters. The number of nitrogens with one attached hydrogen (secondary N) is 2. The normalized spacial score (nSPS) is 16.7. The first kappa shape index (κ1) is 14.3. The van der Waals surface area contributed by atoms with Crippen LogP contribution in [0.5, 0.6) is 0 Å². The van der Waals surface area contributed by atoms with Crippen molar-refractivity contribution in [3.8, 4) is 0 Å². The van der Waals surface area contributed by atoms with Gasteiger partial charge in [-0.3, -0.25) is 4.79 Å². The number of thiazole rings is 1. The molecule has 2 aromatic carbocycles. The summed E-state index contributed by atoms with van der Waals surface area (Å²) in [5, 5.41) is 17.4. The number of nitrogen functional groups attached to an aromatic ring is 1. The Labute approximate surface area is 175 Å². The number of rotatable bonds is 9. The Bertz CT molecular complexity index is 1090. The third kappa shape index (κ3) is 6.16. The van der Waals surface area contributed by atoms with Crippen LogP contribution in [-0.4, -0.2) is 29.0 Å². The van der Waals surface area contributed by atoms with E-state index in [0.29, 0.717) is 22.1 Å². The van der Waals surface area contributed by atoms with Gasteiger partial charge in [-0.05, 0) is 36.2 Å². The van der Waals surface area contributed by atoms with Gasteiger partial charge in [0.05, 0.1) is 19.6 Å². The number of nitrogens with zero attached hydrogens (tertiary/aromatic N) is 1. The molecular weight excluding hydrogens is 372 g/mol. The summed E-state index contributed by atoms with van der Waals surface area (Å²) in [6.45, 7) is -5.06. The molecule has 5 N–H and O–H groups in total. The zero-order valence-corrected chi connectivity index (χ0v) is 15.8. The zero-order valence-electron chi connectivity index (χ0n) is 20.0. The van der Waals surface area contributed by atoms with Crippen LogP contribution in [-0.2, 0) is 17.6 Å². The van der Waals surface area contributed by atoms with Crippen LogP contribution < -0.4 is 16.4 Å². The molecule has 0 spiro atoms. The van der Waals surface area contributed by atoms with Crippen molar-refractivity contribution in [2.24, 2.45) is 0 Å². The van der Waals surface area contributed by atoms with E-state index in [9.17, 15) is 9.90 Å². The first-order valence-electron chi connectivity index (χ1n) is 11.0. The van der Waals surface area contributed by atoms with E-state index >= 15 is 0 Å². The lowest BCUT2D eigenvalue weighted by atomic mass is 10.1. The van der Waals surface area contributed by atoms with Crippen molar-refractivity contribution < 1.29 is 16.8 Å². The number of anilines is 2. The number of aryl methyl sites for hydroxylation is 1. The Kier molecular flexibility index (Phi) is 5.09. The first-order chi connectivity index (χ1) is 15.4. The molecule has 0 fully saturated rings. The molecule has 0 saturated heterocycles. The van der Waals surface area contributed by atoms with Crippen LogP contribution >= 0.6 is 11.3 Å². The highest BCUT2D eigenvalue weighted by molar-refractivity contribution is 7.13. The molecule has 3 rings (SSSR count). The van der Waals surface area contributed by atoms with Gasteiger partial charge in [-0.15, -0.1) is 11.3 Å². The van der Waals surface area contributed by atoms with Gasteiger partial charge in [-0.2, -0.15) is 0 Å². The summed E-state index contributed by atoms with van der Waals surface area (Å²) in [4.78, 5) is 16.2. The van der Waals surface area contributed by atoms with Gasteiger partial charge in [0.1, 0.15) is 0 Å². The second-order valence-corrected chi connectivity index (χ2v) is 6.81. The Morgan fingerprint density at radius 3 is 2.68 bits per heavy atom. The van der Waals surface area contributed by atoms with E-state index in [1.54, 1.807) is 47.8 Å². The Hall–Kier alpha value is -2.74. The molecule has 6 nitrogen and oxygen atoms in total. The van der Waals surface area contributed by atoms with Crippen LogP contribution in [0.15, 0.2) is 60.0 Å². The van der Waals surface area contributed by atoms with E-state index in [2.05, 4.69) is 15.6 Å². The van der Waals surface area contributed by atoms with Gasteiger partial charge in [-0.25, -0.2) is 4.98 Å². The monoisotopic (exact) mass is 401 g/mol. The highest BCUT2D eigenvalue weighted by atomic mass is 32.1.